The van der Waals surface area contributed by atoms with Gasteiger partial charge in [0.25, 0.3) is 0 Å². The second kappa shape index (κ2) is 4.31. The van der Waals surface area contributed by atoms with Crippen LogP contribution in [0.25, 0.3) is 0 Å². The highest BCUT2D eigenvalue weighted by Crippen LogP contribution is 2.25. The zero-order valence-corrected chi connectivity index (χ0v) is 9.73. The molecule has 1 fully saturated rings. The number of aryl methyl sites for hydroxylation is 1. The molecule has 1 aliphatic heterocycles. The summed E-state index contributed by atoms with van der Waals surface area (Å²) in [6.45, 7) is 8.59. The molecule has 4 heteroatoms. The first-order valence-electron chi connectivity index (χ1n) is 5.71. The third kappa shape index (κ3) is 2.37. The van der Waals surface area contributed by atoms with Gasteiger partial charge in [-0.2, -0.15) is 4.98 Å². The first-order chi connectivity index (χ1) is 7.16. The molecule has 0 N–H and O–H groups in total. The molecule has 0 aliphatic carbocycles. The number of piperidine rings is 1. The van der Waals surface area contributed by atoms with Crippen molar-refractivity contribution in [2.24, 2.45) is 5.92 Å². The van der Waals surface area contributed by atoms with E-state index in [0.717, 1.165) is 30.7 Å². The van der Waals surface area contributed by atoms with E-state index in [-0.39, 0.29) is 6.04 Å². The highest BCUT2D eigenvalue weighted by atomic mass is 16.5. The minimum atomic E-state index is 0.258. The van der Waals surface area contributed by atoms with E-state index in [1.165, 1.54) is 12.8 Å². The molecule has 0 amide bonds. The van der Waals surface area contributed by atoms with Crippen LogP contribution in [0.15, 0.2) is 4.52 Å². The van der Waals surface area contributed by atoms with Crippen molar-refractivity contribution in [2.45, 2.75) is 39.7 Å². The van der Waals surface area contributed by atoms with Crippen molar-refractivity contribution in [1.29, 1.82) is 0 Å². The molecule has 1 aliphatic rings. The molecule has 0 aromatic carbocycles. The maximum Gasteiger partial charge on any atom is 0.243 e. The van der Waals surface area contributed by atoms with Gasteiger partial charge >= 0.3 is 0 Å². The average Bonchev–Trinajstić information content (AvgIpc) is 2.64. The summed E-state index contributed by atoms with van der Waals surface area (Å²) in [6.07, 6.45) is 2.62. The summed E-state index contributed by atoms with van der Waals surface area (Å²) < 4.78 is 5.21. The van der Waals surface area contributed by atoms with Crippen LogP contribution in [0.4, 0.5) is 0 Å². The molecule has 0 saturated carbocycles. The second-order valence-corrected chi connectivity index (χ2v) is 4.60. The van der Waals surface area contributed by atoms with Gasteiger partial charge in [0.15, 0.2) is 5.82 Å². The largest absolute Gasteiger partial charge is 0.338 e. The molecule has 1 saturated heterocycles. The molecular formula is C11H19N3O. The number of rotatable bonds is 2. The summed E-state index contributed by atoms with van der Waals surface area (Å²) in [4.78, 5) is 6.72. The normalized spacial score (nSPS) is 25.4. The molecule has 0 radical (unpaired) electrons. The fraction of sp³-hybridized carbons (Fsp3) is 0.818. The predicted molar refractivity (Wildman–Crippen MR) is 57.4 cm³/mol. The molecule has 4 nitrogen and oxygen atoms in total. The zero-order valence-electron chi connectivity index (χ0n) is 9.73. The molecule has 15 heavy (non-hydrogen) atoms. The molecule has 1 aromatic rings. The summed E-state index contributed by atoms with van der Waals surface area (Å²) in [7, 11) is 0. The Hall–Kier alpha value is -0.900. The molecule has 1 aromatic heterocycles. The van der Waals surface area contributed by atoms with Gasteiger partial charge in [-0.15, -0.1) is 0 Å². The minimum absolute atomic E-state index is 0.258. The maximum atomic E-state index is 5.21. The number of hydrogen-bond acceptors (Lipinski definition) is 4. The van der Waals surface area contributed by atoms with E-state index in [1.807, 2.05) is 6.92 Å². The van der Waals surface area contributed by atoms with Crippen LogP contribution in [-0.2, 0) is 0 Å². The molecule has 2 atom stereocenters. The van der Waals surface area contributed by atoms with Crippen LogP contribution in [0.2, 0.25) is 0 Å². The molecular weight excluding hydrogens is 190 g/mol. The van der Waals surface area contributed by atoms with E-state index in [0.29, 0.717) is 0 Å². The van der Waals surface area contributed by atoms with Gasteiger partial charge in [-0.1, -0.05) is 12.1 Å². The van der Waals surface area contributed by atoms with E-state index in [2.05, 4.69) is 28.9 Å². The lowest BCUT2D eigenvalue weighted by atomic mass is 9.99. The SMILES string of the molecule is Cc1noc(C(C)N2CCCC(C)C2)n1. The van der Waals surface area contributed by atoms with Crippen LogP contribution in [0.1, 0.15) is 44.4 Å². The van der Waals surface area contributed by atoms with Crippen molar-refractivity contribution in [3.63, 3.8) is 0 Å². The lowest BCUT2D eigenvalue weighted by Gasteiger charge is -2.33. The molecule has 0 bridgehead atoms. The van der Waals surface area contributed by atoms with Gasteiger partial charge in [-0.3, -0.25) is 4.90 Å². The fourth-order valence-corrected chi connectivity index (χ4v) is 2.22. The smallest absolute Gasteiger partial charge is 0.243 e. The van der Waals surface area contributed by atoms with Gasteiger partial charge in [0.1, 0.15) is 0 Å². The van der Waals surface area contributed by atoms with Gasteiger partial charge in [0.05, 0.1) is 6.04 Å². The molecule has 2 rings (SSSR count). The Morgan fingerprint density at radius 2 is 2.33 bits per heavy atom. The Bertz CT molecular complexity index is 323. The maximum absolute atomic E-state index is 5.21. The number of likely N-dealkylation sites (tertiary alicyclic amines) is 1. The van der Waals surface area contributed by atoms with Crippen LogP contribution in [0.3, 0.4) is 0 Å². The second-order valence-electron chi connectivity index (χ2n) is 4.60. The van der Waals surface area contributed by atoms with Crippen LogP contribution in [0.5, 0.6) is 0 Å². The summed E-state index contributed by atoms with van der Waals surface area (Å²) in [5.74, 6) is 2.26. The van der Waals surface area contributed by atoms with Gasteiger partial charge in [0.2, 0.25) is 5.89 Å². The summed E-state index contributed by atoms with van der Waals surface area (Å²) >= 11 is 0. The minimum Gasteiger partial charge on any atom is -0.338 e. The Kier molecular flexibility index (Phi) is 3.05. The number of nitrogens with zero attached hydrogens (tertiary/aromatic N) is 3. The first-order valence-corrected chi connectivity index (χ1v) is 5.71. The van der Waals surface area contributed by atoms with Crippen LogP contribution >= 0.6 is 0 Å². The van der Waals surface area contributed by atoms with Gasteiger partial charge < -0.3 is 4.52 Å². The zero-order chi connectivity index (χ0) is 10.8. The molecule has 84 valence electrons. The van der Waals surface area contributed by atoms with Crippen LogP contribution < -0.4 is 0 Å². The number of aromatic nitrogens is 2. The Morgan fingerprint density at radius 1 is 1.53 bits per heavy atom. The van der Waals surface area contributed by atoms with E-state index in [1.54, 1.807) is 0 Å². The predicted octanol–water partition coefficient (Wildman–Crippen LogP) is 2.17. The van der Waals surface area contributed by atoms with E-state index in [4.69, 9.17) is 4.52 Å². The standard InChI is InChI=1S/C11H19N3O/c1-8-5-4-6-14(7-8)9(2)11-12-10(3)13-15-11/h8-9H,4-7H2,1-3H3. The summed E-state index contributed by atoms with van der Waals surface area (Å²) in [6, 6.07) is 0.258. The van der Waals surface area contributed by atoms with Crippen molar-refractivity contribution < 1.29 is 4.52 Å². The van der Waals surface area contributed by atoms with E-state index in [9.17, 15) is 0 Å². The van der Waals surface area contributed by atoms with Crippen molar-refractivity contribution in [3.8, 4) is 0 Å². The van der Waals surface area contributed by atoms with Gasteiger partial charge in [0, 0.05) is 6.54 Å². The molecule has 2 heterocycles. The summed E-state index contributed by atoms with van der Waals surface area (Å²) in [5, 5.41) is 3.84. The monoisotopic (exact) mass is 209 g/mol. The van der Waals surface area contributed by atoms with Crippen LogP contribution in [0, 0.1) is 12.8 Å². The highest BCUT2D eigenvalue weighted by Gasteiger charge is 2.25. The van der Waals surface area contributed by atoms with Crippen LogP contribution in [-0.4, -0.2) is 28.1 Å². The summed E-state index contributed by atoms with van der Waals surface area (Å²) in [5.41, 5.74) is 0. The molecule has 2 unspecified atom stereocenters. The third-order valence-electron chi connectivity index (χ3n) is 3.14. The quantitative estimate of drug-likeness (QED) is 0.748. The van der Waals surface area contributed by atoms with Crippen molar-refractivity contribution in [3.05, 3.63) is 11.7 Å². The number of hydrogen-bond donors (Lipinski definition) is 0. The highest BCUT2D eigenvalue weighted by molar-refractivity contribution is 4.91. The topological polar surface area (TPSA) is 42.2 Å². The lowest BCUT2D eigenvalue weighted by molar-refractivity contribution is 0.117. The Balaban J connectivity index is 2.03. The van der Waals surface area contributed by atoms with Crippen molar-refractivity contribution >= 4 is 0 Å². The average molecular weight is 209 g/mol. The van der Waals surface area contributed by atoms with Gasteiger partial charge in [-0.05, 0) is 39.2 Å². The fourth-order valence-electron chi connectivity index (χ4n) is 2.22. The Morgan fingerprint density at radius 3 is 2.93 bits per heavy atom. The lowest BCUT2D eigenvalue weighted by Crippen LogP contribution is -2.36. The molecule has 0 spiro atoms. The van der Waals surface area contributed by atoms with Crippen molar-refractivity contribution in [1.82, 2.24) is 15.0 Å². The van der Waals surface area contributed by atoms with Crippen molar-refractivity contribution in [2.75, 3.05) is 13.1 Å². The van der Waals surface area contributed by atoms with Gasteiger partial charge in [-0.25, -0.2) is 0 Å². The van der Waals surface area contributed by atoms with E-state index >= 15 is 0 Å². The third-order valence-corrected chi connectivity index (χ3v) is 3.14. The van der Waals surface area contributed by atoms with E-state index < -0.39 is 0 Å². The first kappa shape index (κ1) is 10.6. The Labute approximate surface area is 90.7 Å².